The van der Waals surface area contributed by atoms with Crippen molar-refractivity contribution in [1.82, 2.24) is 14.7 Å². The van der Waals surface area contributed by atoms with Crippen LogP contribution in [0.2, 0.25) is 0 Å². The number of hydrogen-bond donors (Lipinski definition) is 1. The molecule has 1 aromatic carbocycles. The third-order valence-electron chi connectivity index (χ3n) is 6.08. The Morgan fingerprint density at radius 1 is 0.674 bits per heavy atom. The quantitative estimate of drug-likeness (QED) is 0.215. The van der Waals surface area contributed by atoms with Crippen LogP contribution in [0.4, 0.5) is 31.4 Å². The number of nitrogens with two attached hydrogens (primary N) is 1. The summed E-state index contributed by atoms with van der Waals surface area (Å²) in [5.41, 5.74) is 4.56. The van der Waals surface area contributed by atoms with Crippen molar-refractivity contribution < 1.29 is 33.5 Å². The molecule has 0 spiro atoms. The lowest BCUT2D eigenvalue weighted by Gasteiger charge is -2.36. The maximum absolute atomic E-state index is 13.2. The summed E-state index contributed by atoms with van der Waals surface area (Å²) in [6.07, 6.45) is -1.68. The number of nitro benzene ring substituents is 1. The average Bonchev–Trinajstić information content (AvgIpc) is 2.81. The van der Waals surface area contributed by atoms with Crippen LogP contribution in [0, 0.1) is 10.1 Å². The summed E-state index contributed by atoms with van der Waals surface area (Å²) in [6.45, 7) is 17.3. The lowest BCUT2D eigenvalue weighted by molar-refractivity contribution is -0.384. The number of benzene rings is 1. The number of nitrogen functional groups attached to an aromatic ring is 1. The zero-order valence-corrected chi connectivity index (χ0v) is 27.0. The Kier molecular flexibility index (Phi) is 11.5. The van der Waals surface area contributed by atoms with Gasteiger partial charge in [-0.1, -0.05) is 0 Å². The van der Waals surface area contributed by atoms with E-state index in [4.69, 9.17) is 19.9 Å². The Balaban J connectivity index is 2.48. The van der Waals surface area contributed by atoms with Gasteiger partial charge in [-0.2, -0.15) is 0 Å². The maximum Gasteiger partial charge on any atom is 0.410 e. The maximum atomic E-state index is 13.2. The van der Waals surface area contributed by atoms with Crippen LogP contribution in [-0.2, 0) is 14.2 Å². The van der Waals surface area contributed by atoms with Gasteiger partial charge in [-0.3, -0.25) is 10.1 Å². The molecule has 1 fully saturated rings. The van der Waals surface area contributed by atoms with E-state index in [1.54, 1.807) is 68.4 Å². The first kappa shape index (κ1) is 35.2. The number of anilines is 2. The minimum Gasteiger partial charge on any atom is -0.444 e. The number of rotatable bonds is 2. The van der Waals surface area contributed by atoms with Crippen molar-refractivity contribution in [3.63, 3.8) is 0 Å². The van der Waals surface area contributed by atoms with Crippen molar-refractivity contribution in [2.24, 2.45) is 0 Å². The van der Waals surface area contributed by atoms with Crippen LogP contribution in [0.1, 0.15) is 62.3 Å². The van der Waals surface area contributed by atoms with Gasteiger partial charge in [-0.05, 0) is 68.4 Å². The molecule has 0 atom stereocenters. The molecule has 43 heavy (non-hydrogen) atoms. The molecule has 242 valence electrons. The van der Waals surface area contributed by atoms with Crippen LogP contribution >= 0.6 is 0 Å². The Morgan fingerprint density at radius 2 is 1.00 bits per heavy atom. The van der Waals surface area contributed by atoms with Gasteiger partial charge in [0.05, 0.1) is 16.3 Å². The number of nitro groups is 1. The van der Waals surface area contributed by atoms with E-state index in [2.05, 4.69) is 0 Å². The third-order valence-corrected chi connectivity index (χ3v) is 6.08. The van der Waals surface area contributed by atoms with Gasteiger partial charge in [0.1, 0.15) is 16.8 Å². The molecule has 2 rings (SSSR count). The summed E-state index contributed by atoms with van der Waals surface area (Å²) in [5, 5.41) is 11.3. The molecule has 0 aliphatic carbocycles. The second kappa shape index (κ2) is 14.0. The summed E-state index contributed by atoms with van der Waals surface area (Å²) in [6, 6.07) is 4.19. The Hall–Kier alpha value is -3.97. The fraction of sp³-hybridized carbons (Fsp3) is 0.690. The van der Waals surface area contributed by atoms with Crippen LogP contribution in [-0.4, -0.2) is 107 Å². The SMILES string of the molecule is CC(C)(C)OC(=O)N1CCN(C(=O)OC(C)(C)C)CCN(c2ccc([N+](=O)[O-])cc2N)CCN(C(=O)OC(C)(C)C)CC1. The second-order valence-electron chi connectivity index (χ2n) is 13.4. The normalized spacial score (nSPS) is 16.1. The van der Waals surface area contributed by atoms with Crippen molar-refractivity contribution in [3.05, 3.63) is 28.3 Å². The van der Waals surface area contributed by atoms with E-state index in [1.165, 1.54) is 26.8 Å². The predicted molar refractivity (Wildman–Crippen MR) is 163 cm³/mol. The van der Waals surface area contributed by atoms with Crippen molar-refractivity contribution >= 4 is 35.3 Å². The fourth-order valence-electron chi connectivity index (χ4n) is 4.12. The molecule has 1 aliphatic rings. The number of ether oxygens (including phenoxy) is 3. The largest absolute Gasteiger partial charge is 0.444 e. The molecular weight excluding hydrogens is 560 g/mol. The van der Waals surface area contributed by atoms with Gasteiger partial charge in [0.2, 0.25) is 0 Å². The van der Waals surface area contributed by atoms with Crippen molar-refractivity contribution in [2.75, 3.05) is 63.0 Å². The third kappa shape index (κ3) is 12.0. The molecule has 0 saturated carbocycles. The molecule has 14 nitrogen and oxygen atoms in total. The molecule has 3 amide bonds. The highest BCUT2D eigenvalue weighted by molar-refractivity contribution is 5.72. The lowest BCUT2D eigenvalue weighted by atomic mass is 10.2. The molecule has 0 bridgehead atoms. The summed E-state index contributed by atoms with van der Waals surface area (Å²) in [7, 11) is 0. The molecule has 1 aromatic rings. The van der Waals surface area contributed by atoms with Crippen molar-refractivity contribution in [1.29, 1.82) is 0 Å². The zero-order valence-electron chi connectivity index (χ0n) is 27.0. The molecule has 1 saturated heterocycles. The van der Waals surface area contributed by atoms with Crippen LogP contribution in [0.5, 0.6) is 0 Å². The molecule has 0 unspecified atom stereocenters. The first-order chi connectivity index (χ1) is 19.6. The summed E-state index contributed by atoms with van der Waals surface area (Å²) in [4.78, 5) is 56.7. The first-order valence-electron chi connectivity index (χ1n) is 14.4. The molecular formula is C29H48N6O8. The van der Waals surface area contributed by atoms with Crippen LogP contribution in [0.3, 0.4) is 0 Å². The first-order valence-corrected chi connectivity index (χ1v) is 14.4. The minimum atomic E-state index is -0.748. The van der Waals surface area contributed by atoms with Gasteiger partial charge in [-0.25, -0.2) is 14.4 Å². The highest BCUT2D eigenvalue weighted by Crippen LogP contribution is 2.28. The molecule has 1 heterocycles. The average molecular weight is 609 g/mol. The van der Waals surface area contributed by atoms with E-state index in [0.29, 0.717) is 5.69 Å². The van der Waals surface area contributed by atoms with Gasteiger partial charge in [0.15, 0.2) is 0 Å². The van der Waals surface area contributed by atoms with Gasteiger partial charge in [-0.15, -0.1) is 0 Å². The minimum absolute atomic E-state index is 0.121. The van der Waals surface area contributed by atoms with Crippen LogP contribution in [0.25, 0.3) is 0 Å². The number of carbonyl (C=O) groups excluding carboxylic acids is 3. The van der Waals surface area contributed by atoms with Crippen molar-refractivity contribution in [3.8, 4) is 0 Å². The Bertz CT molecular complexity index is 1110. The second-order valence-corrected chi connectivity index (χ2v) is 13.4. The van der Waals surface area contributed by atoms with E-state index in [1.807, 2.05) is 4.90 Å². The molecule has 2 N–H and O–H groups in total. The molecule has 14 heteroatoms. The van der Waals surface area contributed by atoms with Crippen LogP contribution < -0.4 is 10.6 Å². The zero-order chi connectivity index (χ0) is 32.8. The number of amides is 3. The summed E-state index contributed by atoms with van der Waals surface area (Å²) >= 11 is 0. The summed E-state index contributed by atoms with van der Waals surface area (Å²) < 4.78 is 16.9. The molecule has 1 aliphatic heterocycles. The monoisotopic (exact) mass is 608 g/mol. The molecule has 0 radical (unpaired) electrons. The summed E-state index contributed by atoms with van der Waals surface area (Å²) in [5.74, 6) is 0. The van der Waals surface area contributed by atoms with Gasteiger partial charge in [0.25, 0.3) is 5.69 Å². The molecule has 0 aromatic heterocycles. The van der Waals surface area contributed by atoms with E-state index < -0.39 is 40.0 Å². The van der Waals surface area contributed by atoms with E-state index >= 15 is 0 Å². The highest BCUT2D eigenvalue weighted by atomic mass is 16.6. The van der Waals surface area contributed by atoms with Crippen LogP contribution in [0.15, 0.2) is 18.2 Å². The highest BCUT2D eigenvalue weighted by Gasteiger charge is 2.30. The number of non-ortho nitro benzene ring substituents is 1. The number of carbonyl (C=O) groups is 3. The smallest absolute Gasteiger partial charge is 0.410 e. The van der Waals surface area contributed by atoms with Gasteiger partial charge >= 0.3 is 18.3 Å². The number of hydrogen-bond acceptors (Lipinski definition) is 10. The predicted octanol–water partition coefficient (Wildman–Crippen LogP) is 4.71. The topological polar surface area (TPSA) is 161 Å². The standard InChI is InChI=1S/C29H48N6O8/c1-27(2,3)41-24(36)32-14-12-31(23-11-10-21(35(39)40)20-22(23)30)13-15-33(25(37)42-28(4,5)6)17-19-34(18-16-32)26(38)43-29(7,8)9/h10-11,20H,12-19,30H2,1-9H3. The lowest BCUT2D eigenvalue weighted by Crippen LogP contribution is -2.51. The Labute approximate surface area is 254 Å². The van der Waals surface area contributed by atoms with E-state index in [-0.39, 0.29) is 63.7 Å². The van der Waals surface area contributed by atoms with E-state index in [0.717, 1.165) is 0 Å². The number of nitrogens with zero attached hydrogens (tertiary/aromatic N) is 5. The Morgan fingerprint density at radius 3 is 1.28 bits per heavy atom. The van der Waals surface area contributed by atoms with Gasteiger partial charge < -0.3 is 39.5 Å². The van der Waals surface area contributed by atoms with Crippen molar-refractivity contribution in [2.45, 2.75) is 79.1 Å². The fourth-order valence-corrected chi connectivity index (χ4v) is 4.12. The van der Waals surface area contributed by atoms with E-state index in [9.17, 15) is 24.5 Å². The van der Waals surface area contributed by atoms with Gasteiger partial charge in [0, 0.05) is 64.5 Å².